The molecule has 2 aromatic carbocycles. The number of nitrogens with zero attached hydrogens (tertiary/aromatic N) is 1. The molecule has 28 heavy (non-hydrogen) atoms. The van der Waals surface area contributed by atoms with Crippen molar-refractivity contribution >= 4 is 23.4 Å². The van der Waals surface area contributed by atoms with Crippen molar-refractivity contribution in [2.75, 3.05) is 12.4 Å². The molecule has 2 rings (SSSR count). The molecule has 0 aromatic heterocycles. The molecule has 0 atom stereocenters. The number of hydrogen-bond acceptors (Lipinski definition) is 3. The zero-order valence-electron chi connectivity index (χ0n) is 15.9. The number of nitrogens with two attached hydrogens (primary N) is 1. The standard InChI is InChI=1S/C18H15F4N3O.C2H6/c1-9(23)11(8-24-2)10-6-7-14(17(22)16(10)21)25-18(26)15-12(19)4-3-5-13(15)20;1-2/h3-8H,23H2,1-2H3,(H,25,26);1-2H3/b11-9+,24-8?;. The van der Waals surface area contributed by atoms with Gasteiger partial charge >= 0.3 is 0 Å². The average Bonchev–Trinajstić information content (AvgIpc) is 2.65. The van der Waals surface area contributed by atoms with Crippen molar-refractivity contribution < 1.29 is 22.4 Å². The van der Waals surface area contributed by atoms with Gasteiger partial charge in [0.05, 0.1) is 5.69 Å². The number of rotatable bonds is 4. The summed E-state index contributed by atoms with van der Waals surface area (Å²) < 4.78 is 55.9. The van der Waals surface area contributed by atoms with E-state index in [9.17, 15) is 22.4 Å². The number of nitrogens with one attached hydrogen (secondary N) is 1. The zero-order chi connectivity index (χ0) is 21.4. The Bertz CT molecular complexity index is 900. The molecule has 8 heteroatoms. The Hall–Kier alpha value is -3.16. The van der Waals surface area contributed by atoms with E-state index in [1.54, 1.807) is 0 Å². The topological polar surface area (TPSA) is 67.5 Å². The van der Waals surface area contributed by atoms with Gasteiger partial charge in [-0.2, -0.15) is 0 Å². The van der Waals surface area contributed by atoms with Crippen molar-refractivity contribution in [3.8, 4) is 0 Å². The number of allylic oxidation sites excluding steroid dienone is 2. The van der Waals surface area contributed by atoms with Crippen LogP contribution in [0, 0.1) is 23.3 Å². The third kappa shape index (κ3) is 4.97. The van der Waals surface area contributed by atoms with Crippen molar-refractivity contribution in [2.45, 2.75) is 20.8 Å². The van der Waals surface area contributed by atoms with E-state index >= 15 is 0 Å². The summed E-state index contributed by atoms with van der Waals surface area (Å²) in [5.74, 6) is -6.16. The fraction of sp³-hybridized carbons (Fsp3) is 0.200. The highest BCUT2D eigenvalue weighted by molar-refractivity contribution is 6.11. The summed E-state index contributed by atoms with van der Waals surface area (Å²) in [5, 5.41) is 1.96. The number of anilines is 1. The molecular formula is C20H21F4N3O. The Morgan fingerprint density at radius 3 is 2.11 bits per heavy atom. The summed E-state index contributed by atoms with van der Waals surface area (Å²) in [6.45, 7) is 5.49. The molecule has 0 saturated carbocycles. The van der Waals surface area contributed by atoms with Crippen LogP contribution in [0.4, 0.5) is 23.2 Å². The first-order valence-electron chi connectivity index (χ1n) is 8.40. The van der Waals surface area contributed by atoms with Crippen LogP contribution in [0.5, 0.6) is 0 Å². The van der Waals surface area contributed by atoms with Crippen molar-refractivity contribution in [2.24, 2.45) is 10.7 Å². The second kappa shape index (κ2) is 10.2. The highest BCUT2D eigenvalue weighted by Crippen LogP contribution is 2.27. The molecule has 0 aliphatic heterocycles. The van der Waals surface area contributed by atoms with Crippen molar-refractivity contribution in [1.82, 2.24) is 0 Å². The fourth-order valence-corrected chi connectivity index (χ4v) is 2.27. The predicted molar refractivity (Wildman–Crippen MR) is 103 cm³/mol. The molecule has 0 heterocycles. The number of carbonyl (C=O) groups is 1. The Morgan fingerprint density at radius 1 is 1.04 bits per heavy atom. The maximum atomic E-state index is 14.4. The van der Waals surface area contributed by atoms with E-state index in [2.05, 4.69) is 4.99 Å². The van der Waals surface area contributed by atoms with E-state index in [-0.39, 0.29) is 16.8 Å². The first kappa shape index (κ1) is 22.9. The first-order chi connectivity index (χ1) is 13.3. The van der Waals surface area contributed by atoms with Gasteiger partial charge in [-0.05, 0) is 31.2 Å². The van der Waals surface area contributed by atoms with Crippen LogP contribution in [0.15, 0.2) is 41.0 Å². The van der Waals surface area contributed by atoms with Gasteiger partial charge in [-0.1, -0.05) is 19.9 Å². The van der Waals surface area contributed by atoms with Crippen LogP contribution in [0.3, 0.4) is 0 Å². The molecule has 0 aliphatic rings. The maximum Gasteiger partial charge on any atom is 0.261 e. The molecule has 0 fully saturated rings. The summed E-state index contributed by atoms with van der Waals surface area (Å²) in [6.07, 6.45) is 1.26. The van der Waals surface area contributed by atoms with E-state index in [4.69, 9.17) is 5.73 Å². The lowest BCUT2D eigenvalue weighted by Crippen LogP contribution is -2.17. The largest absolute Gasteiger partial charge is 0.402 e. The number of benzene rings is 2. The Morgan fingerprint density at radius 2 is 1.61 bits per heavy atom. The van der Waals surface area contributed by atoms with Crippen LogP contribution in [-0.2, 0) is 0 Å². The third-order valence-corrected chi connectivity index (χ3v) is 3.49. The van der Waals surface area contributed by atoms with Gasteiger partial charge in [-0.3, -0.25) is 9.79 Å². The van der Waals surface area contributed by atoms with E-state index in [0.717, 1.165) is 24.3 Å². The van der Waals surface area contributed by atoms with Crippen LogP contribution in [0.2, 0.25) is 0 Å². The van der Waals surface area contributed by atoms with E-state index in [1.165, 1.54) is 26.3 Å². The zero-order valence-corrected chi connectivity index (χ0v) is 15.9. The Labute approximate surface area is 160 Å². The Balaban J connectivity index is 0.00000190. The predicted octanol–water partition coefficient (Wildman–Crippen LogP) is 4.91. The van der Waals surface area contributed by atoms with Gasteiger partial charge in [-0.15, -0.1) is 0 Å². The van der Waals surface area contributed by atoms with Crippen LogP contribution < -0.4 is 11.1 Å². The number of amides is 1. The lowest BCUT2D eigenvalue weighted by atomic mass is 10.0. The van der Waals surface area contributed by atoms with E-state index in [0.29, 0.717) is 0 Å². The summed E-state index contributed by atoms with van der Waals surface area (Å²) in [7, 11) is 1.44. The summed E-state index contributed by atoms with van der Waals surface area (Å²) in [4.78, 5) is 15.7. The molecule has 150 valence electrons. The molecular weight excluding hydrogens is 374 g/mol. The van der Waals surface area contributed by atoms with Gasteiger partial charge in [0.25, 0.3) is 5.91 Å². The number of carbonyl (C=O) groups excluding carboxylic acids is 1. The number of aliphatic imine (C=N–C) groups is 1. The number of halogens is 4. The van der Waals surface area contributed by atoms with Crippen LogP contribution in [0.25, 0.3) is 5.57 Å². The molecule has 0 saturated heterocycles. The minimum Gasteiger partial charge on any atom is -0.402 e. The van der Waals surface area contributed by atoms with Gasteiger partial charge in [0, 0.05) is 30.1 Å². The first-order valence-corrected chi connectivity index (χ1v) is 8.40. The molecule has 0 aliphatic carbocycles. The van der Waals surface area contributed by atoms with Gasteiger partial charge in [-0.25, -0.2) is 17.6 Å². The van der Waals surface area contributed by atoms with Crippen LogP contribution >= 0.6 is 0 Å². The third-order valence-electron chi connectivity index (χ3n) is 3.49. The minimum atomic E-state index is -1.39. The Kier molecular flexibility index (Phi) is 8.37. The smallest absolute Gasteiger partial charge is 0.261 e. The summed E-state index contributed by atoms with van der Waals surface area (Å²) >= 11 is 0. The SMILES string of the molecule is CC.CN=C/C(=C(/C)N)c1ccc(NC(=O)c2c(F)cccc2F)c(F)c1F. The van der Waals surface area contributed by atoms with Crippen molar-refractivity contribution in [3.63, 3.8) is 0 Å². The molecule has 3 N–H and O–H groups in total. The average molecular weight is 395 g/mol. The monoisotopic (exact) mass is 395 g/mol. The molecule has 2 aromatic rings. The highest BCUT2D eigenvalue weighted by Gasteiger charge is 2.21. The molecule has 0 bridgehead atoms. The van der Waals surface area contributed by atoms with Gasteiger partial charge in [0.15, 0.2) is 11.6 Å². The van der Waals surface area contributed by atoms with Gasteiger partial charge in [0.2, 0.25) is 0 Å². The van der Waals surface area contributed by atoms with Crippen molar-refractivity contribution in [1.29, 1.82) is 0 Å². The normalized spacial score (nSPS) is 11.6. The fourth-order valence-electron chi connectivity index (χ4n) is 2.27. The van der Waals surface area contributed by atoms with E-state index in [1.807, 2.05) is 19.2 Å². The number of hydrogen-bond donors (Lipinski definition) is 2. The highest BCUT2D eigenvalue weighted by atomic mass is 19.2. The quantitative estimate of drug-likeness (QED) is 0.570. The van der Waals surface area contributed by atoms with Gasteiger partial charge in [0.1, 0.15) is 17.2 Å². The summed E-state index contributed by atoms with van der Waals surface area (Å²) in [6, 6.07) is 5.08. The van der Waals surface area contributed by atoms with Crippen molar-refractivity contribution in [3.05, 3.63) is 70.4 Å². The van der Waals surface area contributed by atoms with Crippen LogP contribution in [0.1, 0.15) is 36.7 Å². The minimum absolute atomic E-state index is 0.164. The molecule has 0 unspecified atom stereocenters. The van der Waals surface area contributed by atoms with E-state index < -0.39 is 40.4 Å². The second-order valence-corrected chi connectivity index (χ2v) is 5.32. The molecule has 0 radical (unpaired) electrons. The van der Waals surface area contributed by atoms with Gasteiger partial charge < -0.3 is 11.1 Å². The maximum absolute atomic E-state index is 14.4. The molecule has 4 nitrogen and oxygen atoms in total. The summed E-state index contributed by atoms with van der Waals surface area (Å²) in [5.41, 5.74) is 4.40. The molecule has 0 spiro atoms. The molecule has 1 amide bonds. The lowest BCUT2D eigenvalue weighted by Gasteiger charge is -2.12. The van der Waals surface area contributed by atoms with Crippen LogP contribution in [-0.4, -0.2) is 19.2 Å². The second-order valence-electron chi connectivity index (χ2n) is 5.32. The lowest BCUT2D eigenvalue weighted by molar-refractivity contribution is 0.101.